The Morgan fingerprint density at radius 3 is 2.68 bits per heavy atom. The summed E-state index contributed by atoms with van der Waals surface area (Å²) < 4.78 is 6.59. The van der Waals surface area contributed by atoms with Gasteiger partial charge in [0.05, 0.1) is 18.5 Å². The van der Waals surface area contributed by atoms with Crippen LogP contribution in [0, 0.1) is 0 Å². The summed E-state index contributed by atoms with van der Waals surface area (Å²) in [6.45, 7) is 0. The van der Waals surface area contributed by atoms with Gasteiger partial charge >= 0.3 is 0 Å². The van der Waals surface area contributed by atoms with Gasteiger partial charge in [-0.3, -0.25) is 0 Å². The molecule has 0 amide bonds. The van der Waals surface area contributed by atoms with Crippen LogP contribution in [0.3, 0.4) is 0 Å². The zero-order valence-corrected chi connectivity index (χ0v) is 13.7. The molecule has 0 spiro atoms. The molecule has 3 heteroatoms. The second-order valence-electron chi connectivity index (χ2n) is 5.39. The maximum Gasteiger partial charge on any atom is 0.128 e. The Hall–Kier alpha value is -2.13. The Morgan fingerprint density at radius 2 is 1.86 bits per heavy atom. The van der Waals surface area contributed by atoms with Gasteiger partial charge in [-0.2, -0.15) is 0 Å². The normalized spacial score (nSPS) is 11.9. The van der Waals surface area contributed by atoms with Crippen molar-refractivity contribution in [2.75, 3.05) is 7.11 Å². The minimum atomic E-state index is 0.898. The third kappa shape index (κ3) is 2.13. The Bertz CT molecular complexity index is 873. The summed E-state index contributed by atoms with van der Waals surface area (Å²) in [6, 6.07) is 18.7. The topological polar surface area (TPSA) is 22.1 Å². The van der Waals surface area contributed by atoms with E-state index in [0.29, 0.717) is 0 Å². The van der Waals surface area contributed by atoms with Crippen LogP contribution in [-0.4, -0.2) is 12.1 Å². The van der Waals surface area contributed by atoms with Crippen molar-refractivity contribution in [2.24, 2.45) is 0 Å². The number of nitrogens with zero attached hydrogens (tertiary/aromatic N) is 1. The average Bonchev–Trinajstić information content (AvgIpc) is 2.92. The number of rotatable bonds is 2. The van der Waals surface area contributed by atoms with E-state index in [9.17, 15) is 0 Å². The molecule has 0 N–H and O–H groups in total. The number of hydrogen-bond donors (Lipinski definition) is 0. The van der Waals surface area contributed by atoms with Crippen LogP contribution in [0.1, 0.15) is 11.1 Å². The minimum Gasteiger partial charge on any atom is -0.496 e. The number of ether oxygens (including phenoxy) is 1. The maximum absolute atomic E-state index is 5.53. The summed E-state index contributed by atoms with van der Waals surface area (Å²) in [7, 11) is 1.71. The first-order valence-electron chi connectivity index (χ1n) is 7.18. The maximum atomic E-state index is 5.53. The zero-order valence-electron chi connectivity index (χ0n) is 12.1. The third-order valence-electron chi connectivity index (χ3n) is 4.05. The largest absolute Gasteiger partial charge is 0.496 e. The molecule has 1 aromatic heterocycles. The number of halogens is 1. The fraction of sp³-hybridized carbons (Fsp3) is 0.105. The molecule has 1 aliphatic carbocycles. The van der Waals surface area contributed by atoms with Gasteiger partial charge in [-0.05, 0) is 35.4 Å². The highest BCUT2D eigenvalue weighted by Gasteiger charge is 2.23. The smallest absolute Gasteiger partial charge is 0.128 e. The first-order valence-corrected chi connectivity index (χ1v) is 7.97. The number of fused-ring (bicyclic) bond motifs is 3. The molecule has 0 unspecified atom stereocenters. The van der Waals surface area contributed by atoms with Crippen molar-refractivity contribution < 1.29 is 4.74 Å². The summed E-state index contributed by atoms with van der Waals surface area (Å²) in [5, 5.41) is 0. The molecule has 2 aromatic carbocycles. The van der Waals surface area contributed by atoms with E-state index < -0.39 is 0 Å². The average molecular weight is 352 g/mol. The molecule has 0 radical (unpaired) electrons. The zero-order chi connectivity index (χ0) is 15.1. The molecule has 0 bridgehead atoms. The number of aromatic nitrogens is 1. The van der Waals surface area contributed by atoms with Crippen LogP contribution in [0.5, 0.6) is 5.75 Å². The molecule has 1 heterocycles. The van der Waals surface area contributed by atoms with Crippen molar-refractivity contribution in [3.05, 3.63) is 70.2 Å². The molecule has 108 valence electrons. The number of benzene rings is 2. The van der Waals surface area contributed by atoms with Gasteiger partial charge < -0.3 is 4.74 Å². The lowest BCUT2D eigenvalue weighted by atomic mass is 10.1. The van der Waals surface area contributed by atoms with E-state index in [-0.39, 0.29) is 0 Å². The Kier molecular flexibility index (Phi) is 3.23. The van der Waals surface area contributed by atoms with Crippen LogP contribution in [0.2, 0.25) is 0 Å². The molecular formula is C19H14BrNO. The SMILES string of the molecule is COc1cccc2c1-c1nc(-c3cccc(Br)c3)ccc1C2. The lowest BCUT2D eigenvalue weighted by molar-refractivity contribution is 0.416. The Morgan fingerprint density at radius 1 is 1.00 bits per heavy atom. The van der Waals surface area contributed by atoms with Gasteiger partial charge in [0, 0.05) is 22.0 Å². The van der Waals surface area contributed by atoms with Crippen LogP contribution in [-0.2, 0) is 6.42 Å². The molecule has 0 fully saturated rings. The lowest BCUT2D eigenvalue weighted by Gasteiger charge is -2.09. The summed E-state index contributed by atoms with van der Waals surface area (Å²) in [4.78, 5) is 4.91. The van der Waals surface area contributed by atoms with E-state index in [1.807, 2.05) is 24.3 Å². The fourth-order valence-electron chi connectivity index (χ4n) is 3.02. The van der Waals surface area contributed by atoms with Crippen LogP contribution in [0.25, 0.3) is 22.5 Å². The number of hydrogen-bond acceptors (Lipinski definition) is 2. The van der Waals surface area contributed by atoms with Crippen molar-refractivity contribution in [1.29, 1.82) is 0 Å². The van der Waals surface area contributed by atoms with Gasteiger partial charge in [-0.15, -0.1) is 0 Å². The highest BCUT2D eigenvalue weighted by Crippen LogP contribution is 2.42. The molecule has 2 nitrogen and oxygen atoms in total. The fourth-order valence-corrected chi connectivity index (χ4v) is 3.42. The molecule has 0 aliphatic heterocycles. The van der Waals surface area contributed by atoms with Crippen molar-refractivity contribution >= 4 is 15.9 Å². The van der Waals surface area contributed by atoms with E-state index in [1.54, 1.807) is 7.11 Å². The van der Waals surface area contributed by atoms with Gasteiger partial charge in [-0.1, -0.05) is 46.3 Å². The molecule has 3 aromatic rings. The van der Waals surface area contributed by atoms with Crippen LogP contribution >= 0.6 is 15.9 Å². The van der Waals surface area contributed by atoms with E-state index in [2.05, 4.69) is 46.3 Å². The molecule has 4 rings (SSSR count). The number of methoxy groups -OCH3 is 1. The van der Waals surface area contributed by atoms with Gasteiger partial charge in [0.15, 0.2) is 0 Å². The third-order valence-corrected chi connectivity index (χ3v) is 4.54. The second kappa shape index (κ2) is 5.25. The van der Waals surface area contributed by atoms with E-state index in [0.717, 1.165) is 39.2 Å². The van der Waals surface area contributed by atoms with Crippen LogP contribution in [0.4, 0.5) is 0 Å². The summed E-state index contributed by atoms with van der Waals surface area (Å²) in [5.74, 6) is 0.898. The Balaban J connectivity index is 1.89. The van der Waals surface area contributed by atoms with Gasteiger partial charge in [0.2, 0.25) is 0 Å². The van der Waals surface area contributed by atoms with Crippen molar-refractivity contribution in [3.63, 3.8) is 0 Å². The molecule has 0 saturated carbocycles. The first-order chi connectivity index (χ1) is 10.8. The van der Waals surface area contributed by atoms with Gasteiger partial charge in [0.25, 0.3) is 0 Å². The van der Waals surface area contributed by atoms with Crippen molar-refractivity contribution in [1.82, 2.24) is 4.98 Å². The molecule has 1 aliphatic rings. The highest BCUT2D eigenvalue weighted by molar-refractivity contribution is 9.10. The van der Waals surface area contributed by atoms with E-state index >= 15 is 0 Å². The van der Waals surface area contributed by atoms with Crippen LogP contribution in [0.15, 0.2) is 59.1 Å². The second-order valence-corrected chi connectivity index (χ2v) is 6.30. The Labute approximate surface area is 137 Å². The van der Waals surface area contributed by atoms with E-state index in [1.165, 1.54) is 11.1 Å². The predicted molar refractivity (Wildman–Crippen MR) is 92.2 cm³/mol. The number of pyridine rings is 1. The molecular weight excluding hydrogens is 338 g/mol. The quantitative estimate of drug-likeness (QED) is 0.501. The van der Waals surface area contributed by atoms with Crippen molar-refractivity contribution in [3.8, 4) is 28.3 Å². The molecule has 0 saturated heterocycles. The molecule has 0 atom stereocenters. The van der Waals surface area contributed by atoms with Crippen molar-refractivity contribution in [2.45, 2.75) is 6.42 Å². The minimum absolute atomic E-state index is 0.898. The van der Waals surface area contributed by atoms with Crippen LogP contribution < -0.4 is 4.74 Å². The molecule has 22 heavy (non-hydrogen) atoms. The summed E-state index contributed by atoms with van der Waals surface area (Å²) in [6.07, 6.45) is 0.924. The summed E-state index contributed by atoms with van der Waals surface area (Å²) >= 11 is 3.52. The first kappa shape index (κ1) is 13.5. The van der Waals surface area contributed by atoms with Gasteiger partial charge in [0.1, 0.15) is 5.75 Å². The predicted octanol–water partition coefficient (Wildman–Crippen LogP) is 5.09. The van der Waals surface area contributed by atoms with Gasteiger partial charge in [-0.25, -0.2) is 4.98 Å². The monoisotopic (exact) mass is 351 g/mol. The summed E-state index contributed by atoms with van der Waals surface area (Å²) in [5.41, 5.74) is 6.83. The highest BCUT2D eigenvalue weighted by atomic mass is 79.9. The standard InChI is InChI=1S/C19H14BrNO/c1-22-17-7-3-5-13-10-14-8-9-16(21-19(14)18(13)17)12-4-2-6-15(20)11-12/h2-9,11H,10H2,1H3. The lowest BCUT2D eigenvalue weighted by Crippen LogP contribution is -1.91. The van der Waals surface area contributed by atoms with E-state index in [4.69, 9.17) is 9.72 Å².